The Bertz CT molecular complexity index is 1330. The maximum absolute atomic E-state index is 13.1. The molecule has 8 heteroatoms. The van der Waals surface area contributed by atoms with Crippen LogP contribution >= 0.6 is 0 Å². The van der Waals surface area contributed by atoms with Crippen LogP contribution < -0.4 is 10.4 Å². The Morgan fingerprint density at radius 2 is 2.00 bits per heavy atom. The molecule has 1 aromatic carbocycles. The molecule has 1 saturated heterocycles. The van der Waals surface area contributed by atoms with E-state index >= 15 is 0 Å². The van der Waals surface area contributed by atoms with Crippen molar-refractivity contribution >= 4 is 21.9 Å². The van der Waals surface area contributed by atoms with Crippen molar-refractivity contribution in [3.8, 4) is 17.0 Å². The summed E-state index contributed by atoms with van der Waals surface area (Å²) in [5.41, 5.74) is 4.59. The number of aromatic nitrogens is 4. The molecular weight excluding hydrogens is 418 g/mol. The van der Waals surface area contributed by atoms with Gasteiger partial charge in [-0.05, 0) is 50.7 Å². The average Bonchev–Trinajstić information content (AvgIpc) is 3.44. The number of hydrogen-bond donors (Lipinski definition) is 0. The van der Waals surface area contributed by atoms with Gasteiger partial charge in [0.2, 0.25) is 5.88 Å². The highest BCUT2D eigenvalue weighted by Gasteiger charge is 2.25. The quantitative estimate of drug-likeness (QED) is 0.405. The van der Waals surface area contributed by atoms with E-state index in [1.807, 2.05) is 35.0 Å². The molecule has 1 aliphatic rings. The second kappa shape index (κ2) is 8.96. The van der Waals surface area contributed by atoms with Gasteiger partial charge in [0.1, 0.15) is 0 Å². The van der Waals surface area contributed by atoms with Gasteiger partial charge in [-0.15, -0.1) is 0 Å². The van der Waals surface area contributed by atoms with Gasteiger partial charge in [0.25, 0.3) is 0 Å². The van der Waals surface area contributed by atoms with E-state index in [-0.39, 0.29) is 11.7 Å². The highest BCUT2D eigenvalue weighted by Crippen LogP contribution is 2.31. The van der Waals surface area contributed by atoms with Crippen LogP contribution in [0, 0.1) is 0 Å². The molecule has 5 rings (SSSR count). The predicted molar refractivity (Wildman–Crippen MR) is 129 cm³/mol. The Labute approximate surface area is 192 Å². The monoisotopic (exact) mass is 447 g/mol. The molecule has 1 atom stereocenters. The Hall–Kier alpha value is -3.23. The minimum Gasteiger partial charge on any atom is -0.478 e. The molecule has 1 unspecified atom stereocenters. The molecule has 3 aromatic heterocycles. The van der Waals surface area contributed by atoms with Crippen LogP contribution in [0.3, 0.4) is 0 Å². The van der Waals surface area contributed by atoms with Crippen LogP contribution in [0.15, 0.2) is 47.5 Å². The van der Waals surface area contributed by atoms with Crippen molar-refractivity contribution in [1.82, 2.24) is 24.0 Å². The highest BCUT2D eigenvalue weighted by atomic mass is 16.5. The van der Waals surface area contributed by atoms with Crippen LogP contribution in [-0.4, -0.2) is 64.5 Å². The van der Waals surface area contributed by atoms with E-state index in [1.54, 1.807) is 17.8 Å². The Kier molecular flexibility index (Phi) is 5.86. The Balaban J connectivity index is 1.51. The van der Waals surface area contributed by atoms with Crippen LogP contribution in [-0.2, 0) is 11.8 Å². The van der Waals surface area contributed by atoms with Gasteiger partial charge in [0, 0.05) is 43.4 Å². The van der Waals surface area contributed by atoms with Gasteiger partial charge in [-0.3, -0.25) is 14.1 Å². The lowest BCUT2D eigenvalue weighted by Crippen LogP contribution is -2.26. The third-order valence-electron chi connectivity index (χ3n) is 6.26. The van der Waals surface area contributed by atoms with Crippen molar-refractivity contribution in [1.29, 1.82) is 0 Å². The predicted octanol–water partition coefficient (Wildman–Crippen LogP) is 3.24. The van der Waals surface area contributed by atoms with E-state index in [9.17, 15) is 4.79 Å². The fourth-order valence-corrected chi connectivity index (χ4v) is 4.47. The molecule has 1 aliphatic heterocycles. The highest BCUT2D eigenvalue weighted by molar-refractivity contribution is 6.04. The molecular formula is C25H29N5O3. The maximum Gasteiger partial charge on any atom is 0.329 e. The van der Waals surface area contributed by atoms with Crippen LogP contribution in [0.1, 0.15) is 18.9 Å². The van der Waals surface area contributed by atoms with E-state index < -0.39 is 0 Å². The summed E-state index contributed by atoms with van der Waals surface area (Å²) in [7, 11) is 5.90. The number of nitrogens with zero attached hydrogens (tertiary/aromatic N) is 5. The van der Waals surface area contributed by atoms with E-state index in [0.29, 0.717) is 25.7 Å². The summed E-state index contributed by atoms with van der Waals surface area (Å²) >= 11 is 0. The summed E-state index contributed by atoms with van der Waals surface area (Å²) in [6.45, 7) is 2.86. The van der Waals surface area contributed by atoms with Crippen molar-refractivity contribution in [3.05, 3.63) is 53.2 Å². The van der Waals surface area contributed by atoms with Crippen molar-refractivity contribution in [3.63, 3.8) is 0 Å². The maximum atomic E-state index is 13.1. The summed E-state index contributed by atoms with van der Waals surface area (Å²) in [6, 6.07) is 10.1. The van der Waals surface area contributed by atoms with E-state index in [1.165, 1.54) is 0 Å². The normalized spacial score (nSPS) is 16.3. The third kappa shape index (κ3) is 4.12. The van der Waals surface area contributed by atoms with Gasteiger partial charge in [0.05, 0.1) is 42.0 Å². The molecule has 0 radical (unpaired) electrons. The smallest absolute Gasteiger partial charge is 0.329 e. The van der Waals surface area contributed by atoms with E-state index in [2.05, 4.69) is 35.0 Å². The number of pyridine rings is 2. The first-order valence-electron chi connectivity index (χ1n) is 11.3. The zero-order valence-corrected chi connectivity index (χ0v) is 19.3. The third-order valence-corrected chi connectivity index (χ3v) is 6.26. The Morgan fingerprint density at radius 1 is 1.15 bits per heavy atom. The first kappa shape index (κ1) is 21.6. The van der Waals surface area contributed by atoms with Crippen molar-refractivity contribution < 1.29 is 9.47 Å². The van der Waals surface area contributed by atoms with Gasteiger partial charge in [-0.1, -0.05) is 6.07 Å². The topological polar surface area (TPSA) is 74.4 Å². The SMILES string of the molecule is CN(C)CCCOc1ccc(-c2ccc3ncc4c(c3c2)n(C2CCOC2)c(=O)n4C)cn1. The lowest BCUT2D eigenvalue weighted by molar-refractivity contribution is 0.186. The number of hydrogen-bond acceptors (Lipinski definition) is 6. The summed E-state index contributed by atoms with van der Waals surface area (Å²) in [5, 5.41) is 0.957. The van der Waals surface area contributed by atoms with Crippen LogP contribution in [0.2, 0.25) is 0 Å². The van der Waals surface area contributed by atoms with Gasteiger partial charge in [-0.25, -0.2) is 9.78 Å². The molecule has 0 aliphatic carbocycles. The van der Waals surface area contributed by atoms with E-state index in [0.717, 1.165) is 52.4 Å². The second-order valence-corrected chi connectivity index (χ2v) is 8.84. The Morgan fingerprint density at radius 3 is 2.73 bits per heavy atom. The molecule has 0 amide bonds. The molecule has 33 heavy (non-hydrogen) atoms. The first-order chi connectivity index (χ1) is 16.0. The molecule has 4 heterocycles. The molecule has 0 bridgehead atoms. The van der Waals surface area contributed by atoms with Gasteiger partial charge in [-0.2, -0.15) is 0 Å². The fourth-order valence-electron chi connectivity index (χ4n) is 4.47. The van der Waals surface area contributed by atoms with Crippen LogP contribution in [0.25, 0.3) is 33.1 Å². The van der Waals surface area contributed by atoms with Gasteiger partial charge in [0.15, 0.2) is 0 Å². The largest absolute Gasteiger partial charge is 0.478 e. The summed E-state index contributed by atoms with van der Waals surface area (Å²) in [5.74, 6) is 0.625. The standard InChI is InChI=1S/C25H29N5O3/c1-28(2)10-4-11-33-23-8-6-18(14-27-23)17-5-7-21-20(13-17)24-22(15-26-21)29(3)25(31)30(24)19-9-12-32-16-19/h5-8,13-15,19H,4,9-12,16H2,1-3H3. The van der Waals surface area contributed by atoms with Gasteiger partial charge >= 0.3 is 5.69 Å². The summed E-state index contributed by atoms with van der Waals surface area (Å²) in [4.78, 5) is 24.3. The summed E-state index contributed by atoms with van der Waals surface area (Å²) < 4.78 is 14.9. The molecule has 0 saturated carbocycles. The molecule has 8 nitrogen and oxygen atoms in total. The lowest BCUT2D eigenvalue weighted by atomic mass is 10.0. The first-order valence-corrected chi connectivity index (χ1v) is 11.3. The van der Waals surface area contributed by atoms with Crippen molar-refractivity contribution in [2.24, 2.45) is 7.05 Å². The van der Waals surface area contributed by atoms with E-state index in [4.69, 9.17) is 9.47 Å². The molecule has 1 fully saturated rings. The minimum absolute atomic E-state index is 0.0300. The van der Waals surface area contributed by atoms with Crippen LogP contribution in [0.4, 0.5) is 0 Å². The lowest BCUT2D eigenvalue weighted by Gasteiger charge is -2.12. The number of rotatable bonds is 7. The molecule has 172 valence electrons. The zero-order chi connectivity index (χ0) is 22.9. The van der Waals surface area contributed by atoms with Crippen LogP contribution in [0.5, 0.6) is 5.88 Å². The molecule has 4 aromatic rings. The zero-order valence-electron chi connectivity index (χ0n) is 19.3. The molecule has 0 spiro atoms. The molecule has 0 N–H and O–H groups in total. The second-order valence-electron chi connectivity index (χ2n) is 8.84. The average molecular weight is 448 g/mol. The number of benzene rings is 1. The minimum atomic E-state index is -0.0300. The number of aryl methyl sites for hydroxylation is 1. The number of fused-ring (bicyclic) bond motifs is 3. The number of ether oxygens (including phenoxy) is 2. The summed E-state index contributed by atoms with van der Waals surface area (Å²) in [6.07, 6.45) is 5.41. The fraction of sp³-hybridized carbons (Fsp3) is 0.400. The number of imidazole rings is 1. The van der Waals surface area contributed by atoms with Crippen molar-refractivity contribution in [2.75, 3.05) is 40.5 Å². The van der Waals surface area contributed by atoms with Gasteiger partial charge < -0.3 is 14.4 Å². The van der Waals surface area contributed by atoms with Crippen molar-refractivity contribution in [2.45, 2.75) is 18.9 Å².